The van der Waals surface area contributed by atoms with Crippen molar-refractivity contribution in [3.8, 4) is 0 Å². The molecule has 1 fully saturated rings. The summed E-state index contributed by atoms with van der Waals surface area (Å²) in [5, 5.41) is 2.95. The summed E-state index contributed by atoms with van der Waals surface area (Å²) in [7, 11) is 0. The molecule has 16 heavy (non-hydrogen) atoms. The predicted octanol–water partition coefficient (Wildman–Crippen LogP) is 2.23. The van der Waals surface area contributed by atoms with Crippen molar-refractivity contribution in [1.29, 1.82) is 0 Å². The number of nitrogens with one attached hydrogen (secondary N) is 1. The zero-order valence-corrected chi connectivity index (χ0v) is 11.4. The van der Waals surface area contributed by atoms with Crippen LogP contribution in [0, 0.1) is 5.92 Å². The van der Waals surface area contributed by atoms with Crippen LogP contribution >= 0.6 is 24.0 Å². The summed E-state index contributed by atoms with van der Waals surface area (Å²) in [6.45, 7) is 0.816. The van der Waals surface area contributed by atoms with Gasteiger partial charge in [0.15, 0.2) is 5.96 Å². The number of nitrogens with two attached hydrogens (primary N) is 1. The number of hydrogen-bond acceptors (Lipinski definition) is 2. The van der Waals surface area contributed by atoms with Crippen molar-refractivity contribution in [3.63, 3.8) is 0 Å². The van der Waals surface area contributed by atoms with Gasteiger partial charge in [-0.3, -0.25) is 4.99 Å². The molecule has 1 saturated carbocycles. The molecule has 1 heterocycles. The second-order valence-corrected chi connectivity index (χ2v) is 3.84. The van der Waals surface area contributed by atoms with E-state index in [1.807, 2.05) is 18.2 Å². The third-order valence-corrected chi connectivity index (χ3v) is 2.44. The number of aromatic nitrogens is 1. The summed E-state index contributed by atoms with van der Waals surface area (Å²) >= 11 is 0. The molecular formula is C11H17IN4. The number of aliphatic imine (C=N–C) groups is 1. The van der Waals surface area contributed by atoms with E-state index < -0.39 is 0 Å². The van der Waals surface area contributed by atoms with Gasteiger partial charge in [0.25, 0.3) is 0 Å². The first-order chi connectivity index (χ1) is 7.34. The van der Waals surface area contributed by atoms with Crippen molar-refractivity contribution in [2.75, 3.05) is 11.9 Å². The minimum absolute atomic E-state index is 0. The lowest BCUT2D eigenvalue weighted by Crippen LogP contribution is -2.23. The molecule has 0 aromatic carbocycles. The van der Waals surface area contributed by atoms with Gasteiger partial charge in [-0.1, -0.05) is 18.9 Å². The van der Waals surface area contributed by atoms with E-state index in [4.69, 9.17) is 5.73 Å². The van der Waals surface area contributed by atoms with Gasteiger partial charge >= 0.3 is 0 Å². The maximum Gasteiger partial charge on any atom is 0.194 e. The Morgan fingerprint density at radius 1 is 1.50 bits per heavy atom. The molecule has 0 atom stereocenters. The molecule has 3 N–H and O–H groups in total. The van der Waals surface area contributed by atoms with Crippen LogP contribution in [-0.2, 0) is 0 Å². The maximum atomic E-state index is 5.71. The van der Waals surface area contributed by atoms with E-state index in [2.05, 4.69) is 15.3 Å². The standard InChI is InChI=1S/C11H16N4.HI/c12-11(14-8-6-9-4-5-9)15-10-3-1-2-7-13-10;/h1-3,7,9H,4-6,8H2,(H3,12,13,14,15);1H. The van der Waals surface area contributed by atoms with E-state index >= 15 is 0 Å². The molecule has 5 heteroatoms. The number of anilines is 1. The molecule has 1 aliphatic rings. The molecule has 1 aromatic heterocycles. The molecule has 0 spiro atoms. The third kappa shape index (κ3) is 4.78. The number of nitrogens with zero attached hydrogens (tertiary/aromatic N) is 2. The summed E-state index contributed by atoms with van der Waals surface area (Å²) in [4.78, 5) is 8.35. The van der Waals surface area contributed by atoms with Gasteiger partial charge in [-0.25, -0.2) is 4.98 Å². The molecule has 1 aliphatic carbocycles. The fourth-order valence-electron chi connectivity index (χ4n) is 1.38. The van der Waals surface area contributed by atoms with Crippen LogP contribution in [0.3, 0.4) is 0 Å². The Kier molecular flexibility index (Phi) is 5.51. The van der Waals surface area contributed by atoms with Crippen LogP contribution < -0.4 is 11.1 Å². The van der Waals surface area contributed by atoms with E-state index in [9.17, 15) is 0 Å². The Balaban J connectivity index is 0.00000128. The molecule has 0 saturated heterocycles. The van der Waals surface area contributed by atoms with Crippen LogP contribution in [0.5, 0.6) is 0 Å². The van der Waals surface area contributed by atoms with Gasteiger partial charge in [-0.15, -0.1) is 24.0 Å². The molecule has 0 bridgehead atoms. The third-order valence-electron chi connectivity index (χ3n) is 2.44. The molecule has 2 rings (SSSR count). The fourth-order valence-corrected chi connectivity index (χ4v) is 1.38. The summed E-state index contributed by atoms with van der Waals surface area (Å²) in [6, 6.07) is 5.64. The molecule has 0 amide bonds. The fraction of sp³-hybridized carbons (Fsp3) is 0.455. The first-order valence-electron chi connectivity index (χ1n) is 5.32. The lowest BCUT2D eigenvalue weighted by Gasteiger charge is -2.03. The Morgan fingerprint density at radius 2 is 2.31 bits per heavy atom. The summed E-state index contributed by atoms with van der Waals surface area (Å²) in [5.74, 6) is 2.09. The predicted molar refractivity (Wildman–Crippen MR) is 77.1 cm³/mol. The number of guanidine groups is 1. The summed E-state index contributed by atoms with van der Waals surface area (Å²) in [5.41, 5.74) is 5.71. The van der Waals surface area contributed by atoms with Gasteiger partial charge in [0, 0.05) is 12.7 Å². The highest BCUT2D eigenvalue weighted by Gasteiger charge is 2.19. The average Bonchev–Trinajstić information content (AvgIpc) is 3.03. The smallest absolute Gasteiger partial charge is 0.194 e. The van der Waals surface area contributed by atoms with E-state index in [1.54, 1.807) is 6.20 Å². The first kappa shape index (κ1) is 13.2. The van der Waals surface area contributed by atoms with Crippen molar-refractivity contribution in [3.05, 3.63) is 24.4 Å². The van der Waals surface area contributed by atoms with Crippen molar-refractivity contribution in [1.82, 2.24) is 4.98 Å². The molecular weight excluding hydrogens is 315 g/mol. The number of pyridine rings is 1. The highest BCUT2D eigenvalue weighted by molar-refractivity contribution is 14.0. The Labute approximate surface area is 113 Å². The van der Waals surface area contributed by atoms with Gasteiger partial charge in [0.05, 0.1) is 0 Å². The second-order valence-electron chi connectivity index (χ2n) is 3.84. The maximum absolute atomic E-state index is 5.71. The van der Waals surface area contributed by atoms with Crippen LogP contribution in [-0.4, -0.2) is 17.5 Å². The number of halogens is 1. The van der Waals surface area contributed by atoms with Gasteiger partial charge in [-0.05, 0) is 24.5 Å². The molecule has 4 nitrogen and oxygen atoms in total. The topological polar surface area (TPSA) is 63.3 Å². The monoisotopic (exact) mass is 332 g/mol. The van der Waals surface area contributed by atoms with E-state index in [0.717, 1.165) is 24.7 Å². The Hall–Kier alpha value is -0.850. The van der Waals surface area contributed by atoms with Crippen LogP contribution in [0.4, 0.5) is 5.82 Å². The Morgan fingerprint density at radius 3 is 2.94 bits per heavy atom. The van der Waals surface area contributed by atoms with Gasteiger partial charge in [-0.2, -0.15) is 0 Å². The van der Waals surface area contributed by atoms with E-state index in [0.29, 0.717) is 5.96 Å². The zero-order chi connectivity index (χ0) is 10.5. The van der Waals surface area contributed by atoms with E-state index in [1.165, 1.54) is 12.8 Å². The molecule has 0 aliphatic heterocycles. The lowest BCUT2D eigenvalue weighted by atomic mass is 10.3. The van der Waals surface area contributed by atoms with E-state index in [-0.39, 0.29) is 24.0 Å². The summed E-state index contributed by atoms with van der Waals surface area (Å²) in [6.07, 6.45) is 5.61. The largest absolute Gasteiger partial charge is 0.370 e. The van der Waals surface area contributed by atoms with Crippen molar-refractivity contribution in [2.45, 2.75) is 19.3 Å². The minimum atomic E-state index is 0. The van der Waals surface area contributed by atoms with Crippen LogP contribution in [0.15, 0.2) is 29.4 Å². The quantitative estimate of drug-likeness (QED) is 0.505. The highest BCUT2D eigenvalue weighted by atomic mass is 127. The Bertz CT molecular complexity index is 335. The lowest BCUT2D eigenvalue weighted by molar-refractivity contribution is 0.739. The molecule has 88 valence electrons. The SMILES string of the molecule is I.NC(=NCCC1CC1)Nc1ccccn1. The number of hydrogen-bond donors (Lipinski definition) is 2. The first-order valence-corrected chi connectivity index (χ1v) is 5.32. The van der Waals surface area contributed by atoms with Crippen molar-refractivity contribution >= 4 is 35.8 Å². The second kappa shape index (κ2) is 6.67. The molecule has 0 unspecified atom stereocenters. The van der Waals surface area contributed by atoms with Crippen molar-refractivity contribution < 1.29 is 0 Å². The van der Waals surface area contributed by atoms with Crippen molar-refractivity contribution in [2.24, 2.45) is 16.6 Å². The van der Waals surface area contributed by atoms with Gasteiger partial charge < -0.3 is 11.1 Å². The number of rotatable bonds is 4. The molecule has 1 aromatic rings. The highest BCUT2D eigenvalue weighted by Crippen LogP contribution is 2.32. The summed E-state index contributed by atoms with van der Waals surface area (Å²) < 4.78 is 0. The molecule has 0 radical (unpaired) electrons. The van der Waals surface area contributed by atoms with Gasteiger partial charge in [0.1, 0.15) is 5.82 Å². The van der Waals surface area contributed by atoms with Gasteiger partial charge in [0.2, 0.25) is 0 Å². The average molecular weight is 332 g/mol. The zero-order valence-electron chi connectivity index (χ0n) is 9.10. The minimum Gasteiger partial charge on any atom is -0.370 e. The van der Waals surface area contributed by atoms with Crippen LogP contribution in [0.25, 0.3) is 0 Å². The van der Waals surface area contributed by atoms with Crippen LogP contribution in [0.1, 0.15) is 19.3 Å². The van der Waals surface area contributed by atoms with Crippen LogP contribution in [0.2, 0.25) is 0 Å². The normalized spacial score (nSPS) is 15.4.